The number of phenols is 1. The van der Waals surface area contributed by atoms with E-state index in [2.05, 4.69) is 66.1 Å². The molecule has 1 aliphatic heterocycles. The first-order valence-corrected chi connectivity index (χ1v) is 12.4. The highest BCUT2D eigenvalue weighted by molar-refractivity contribution is 7.17. The van der Waals surface area contributed by atoms with E-state index in [9.17, 15) is 5.11 Å². The first-order chi connectivity index (χ1) is 16.1. The fourth-order valence-corrected chi connectivity index (χ4v) is 6.21. The number of hydrogen-bond acceptors (Lipinski definition) is 4. The summed E-state index contributed by atoms with van der Waals surface area (Å²) >= 11 is 1.79. The lowest BCUT2D eigenvalue weighted by Crippen LogP contribution is -2.35. The Labute approximate surface area is 197 Å². The predicted molar refractivity (Wildman–Crippen MR) is 136 cm³/mol. The largest absolute Gasteiger partial charge is 0.507 e. The van der Waals surface area contributed by atoms with Gasteiger partial charge in [0.05, 0.1) is 13.2 Å². The Morgan fingerprint density at radius 1 is 0.939 bits per heavy atom. The Morgan fingerprint density at radius 2 is 1.79 bits per heavy atom. The smallest absolute Gasteiger partial charge is 0.195 e. The molecule has 1 saturated heterocycles. The number of aryl methyl sites for hydroxylation is 2. The quantitative estimate of drug-likeness (QED) is 0.306. The summed E-state index contributed by atoms with van der Waals surface area (Å²) in [5, 5.41) is 16.1. The summed E-state index contributed by atoms with van der Waals surface area (Å²) in [6.07, 6.45) is 6.96. The van der Waals surface area contributed by atoms with Gasteiger partial charge in [-0.3, -0.25) is 0 Å². The molecule has 4 aromatic rings. The molecule has 1 fully saturated rings. The lowest BCUT2D eigenvalue weighted by Gasteiger charge is -2.36. The molecule has 1 spiro atoms. The molecule has 7 rings (SSSR count). The number of benzene rings is 3. The molecular formula is C29H26O3S. The molecule has 3 aromatic carbocycles. The molecule has 33 heavy (non-hydrogen) atoms. The van der Waals surface area contributed by atoms with Crippen LogP contribution in [0.15, 0.2) is 77.7 Å². The Morgan fingerprint density at radius 3 is 2.64 bits per heavy atom. The van der Waals surface area contributed by atoms with Crippen LogP contribution in [-0.4, -0.2) is 24.1 Å². The molecule has 2 aliphatic carbocycles. The van der Waals surface area contributed by atoms with Crippen molar-refractivity contribution >= 4 is 37.8 Å². The van der Waals surface area contributed by atoms with Gasteiger partial charge in [0.15, 0.2) is 5.79 Å². The number of hydrogen-bond donors (Lipinski definition) is 1. The molecule has 3 aliphatic rings. The molecular weight excluding hydrogens is 428 g/mol. The van der Waals surface area contributed by atoms with E-state index in [-0.39, 0.29) is 0 Å². The summed E-state index contributed by atoms with van der Waals surface area (Å²) < 4.78 is 13.4. The highest BCUT2D eigenvalue weighted by Gasteiger charge is 2.43. The lowest BCUT2D eigenvalue weighted by atomic mass is 9.77. The van der Waals surface area contributed by atoms with E-state index in [1.807, 2.05) is 13.0 Å². The molecule has 0 atom stereocenters. The second kappa shape index (κ2) is 8.14. The lowest BCUT2D eigenvalue weighted by molar-refractivity contribution is -0.125. The van der Waals surface area contributed by atoms with Crippen molar-refractivity contribution in [1.82, 2.24) is 0 Å². The molecule has 0 saturated carbocycles. The summed E-state index contributed by atoms with van der Waals surface area (Å²) in [4.78, 5) is 0. The summed E-state index contributed by atoms with van der Waals surface area (Å²) in [5.41, 5.74) is 6.01. The highest BCUT2D eigenvalue weighted by atomic mass is 32.1. The van der Waals surface area contributed by atoms with E-state index in [4.69, 9.17) is 9.47 Å². The number of thiophene rings is 1. The molecule has 2 heterocycles. The standard InChI is InChI=1S/C21H20O3.C8H6S/c1-13-11-14-4-5-15-16-3-2-8-21(23-9-10-24-21)18(16)7-6-17(15)20(14)19(22)12-13;1-2-4-8-7(3-1)5-6-9-8/h2-5,11-12,22H,6-10H2,1H3;1-6H. The SMILES string of the molecule is Cc1cc(O)c2c3c(ccc2c1)C1=C(CC3)C2(CC=C1)OCCO2.c1ccc2sccc2c1. The zero-order chi connectivity index (χ0) is 22.4. The van der Waals surface area contributed by atoms with Crippen LogP contribution in [0.1, 0.15) is 29.5 Å². The zero-order valence-electron chi connectivity index (χ0n) is 18.6. The average molecular weight is 455 g/mol. The first-order valence-electron chi connectivity index (χ1n) is 11.5. The number of allylic oxidation sites excluding steroid dienone is 2. The molecule has 0 bridgehead atoms. The Bertz CT molecular complexity index is 1390. The summed E-state index contributed by atoms with van der Waals surface area (Å²) in [7, 11) is 0. The maximum absolute atomic E-state index is 10.5. The van der Waals surface area contributed by atoms with Crippen LogP contribution in [0.4, 0.5) is 0 Å². The van der Waals surface area contributed by atoms with Crippen molar-refractivity contribution in [2.24, 2.45) is 0 Å². The van der Waals surface area contributed by atoms with E-state index in [1.165, 1.54) is 32.4 Å². The summed E-state index contributed by atoms with van der Waals surface area (Å²) in [6.45, 7) is 3.34. The molecule has 0 radical (unpaired) electrons. The predicted octanol–water partition coefficient (Wildman–Crippen LogP) is 7.16. The van der Waals surface area contributed by atoms with Crippen LogP contribution in [0.25, 0.3) is 26.4 Å². The van der Waals surface area contributed by atoms with Gasteiger partial charge in [-0.1, -0.05) is 48.6 Å². The van der Waals surface area contributed by atoms with E-state index in [0.717, 1.165) is 35.6 Å². The third-order valence-electron chi connectivity index (χ3n) is 6.84. The Kier molecular flexibility index (Phi) is 5.10. The minimum absolute atomic E-state index is 0.383. The van der Waals surface area contributed by atoms with Crippen molar-refractivity contribution in [3.05, 3.63) is 94.4 Å². The molecule has 166 valence electrons. The van der Waals surface area contributed by atoms with Gasteiger partial charge in [0, 0.05) is 16.5 Å². The van der Waals surface area contributed by atoms with Gasteiger partial charge in [-0.15, -0.1) is 11.3 Å². The van der Waals surface area contributed by atoms with Crippen LogP contribution in [0.5, 0.6) is 5.75 Å². The second-order valence-corrected chi connectivity index (χ2v) is 9.83. The monoisotopic (exact) mass is 454 g/mol. The van der Waals surface area contributed by atoms with E-state index >= 15 is 0 Å². The van der Waals surface area contributed by atoms with Crippen molar-refractivity contribution in [2.75, 3.05) is 13.2 Å². The normalized spacial score (nSPS) is 18.3. The van der Waals surface area contributed by atoms with Crippen molar-refractivity contribution < 1.29 is 14.6 Å². The summed E-state index contributed by atoms with van der Waals surface area (Å²) in [6, 6.07) is 18.8. The maximum atomic E-state index is 10.5. The molecule has 0 unspecified atom stereocenters. The van der Waals surface area contributed by atoms with Crippen molar-refractivity contribution in [3.8, 4) is 5.75 Å². The zero-order valence-corrected chi connectivity index (χ0v) is 19.5. The van der Waals surface area contributed by atoms with Crippen molar-refractivity contribution in [1.29, 1.82) is 0 Å². The fraction of sp³-hybridized carbons (Fsp3) is 0.241. The van der Waals surface area contributed by atoms with Gasteiger partial charge in [-0.2, -0.15) is 0 Å². The topological polar surface area (TPSA) is 38.7 Å². The minimum Gasteiger partial charge on any atom is -0.507 e. The Hall–Kier alpha value is -2.92. The van der Waals surface area contributed by atoms with E-state index in [1.54, 1.807) is 11.3 Å². The third kappa shape index (κ3) is 3.50. The van der Waals surface area contributed by atoms with Crippen LogP contribution in [0.3, 0.4) is 0 Å². The fourth-order valence-electron chi connectivity index (χ4n) is 5.42. The van der Waals surface area contributed by atoms with Gasteiger partial charge < -0.3 is 14.6 Å². The number of phenolic OH excluding ortho intramolecular Hbond substituents is 1. The Balaban J connectivity index is 0.000000192. The van der Waals surface area contributed by atoms with Gasteiger partial charge in [-0.05, 0) is 82.0 Å². The molecule has 1 N–H and O–H groups in total. The van der Waals surface area contributed by atoms with Gasteiger partial charge in [0.1, 0.15) is 5.75 Å². The molecule has 4 heteroatoms. The van der Waals surface area contributed by atoms with Crippen LogP contribution in [-0.2, 0) is 15.9 Å². The van der Waals surface area contributed by atoms with Crippen LogP contribution >= 0.6 is 11.3 Å². The third-order valence-corrected chi connectivity index (χ3v) is 7.73. The maximum Gasteiger partial charge on any atom is 0.195 e. The van der Waals surface area contributed by atoms with Gasteiger partial charge >= 0.3 is 0 Å². The minimum atomic E-state index is -0.550. The average Bonchev–Trinajstić information content (AvgIpc) is 3.49. The van der Waals surface area contributed by atoms with Gasteiger partial charge in [0.25, 0.3) is 0 Å². The van der Waals surface area contributed by atoms with Crippen molar-refractivity contribution in [3.63, 3.8) is 0 Å². The van der Waals surface area contributed by atoms with Crippen LogP contribution < -0.4 is 0 Å². The van der Waals surface area contributed by atoms with Crippen molar-refractivity contribution in [2.45, 2.75) is 32.0 Å². The summed E-state index contributed by atoms with van der Waals surface area (Å²) in [5.74, 6) is -0.166. The highest BCUT2D eigenvalue weighted by Crippen LogP contribution is 2.48. The second-order valence-electron chi connectivity index (χ2n) is 8.88. The molecule has 1 aromatic heterocycles. The number of rotatable bonds is 0. The van der Waals surface area contributed by atoms with Crippen LogP contribution in [0.2, 0.25) is 0 Å². The van der Waals surface area contributed by atoms with E-state index < -0.39 is 5.79 Å². The first kappa shape index (κ1) is 20.7. The number of fused-ring (bicyclic) bond motifs is 6. The molecule has 0 amide bonds. The van der Waals surface area contributed by atoms with Crippen LogP contribution in [0, 0.1) is 6.92 Å². The van der Waals surface area contributed by atoms with E-state index in [0.29, 0.717) is 19.0 Å². The molecule has 3 nitrogen and oxygen atoms in total. The van der Waals surface area contributed by atoms with Gasteiger partial charge in [0.2, 0.25) is 0 Å². The number of ether oxygens (including phenoxy) is 2. The van der Waals surface area contributed by atoms with Gasteiger partial charge in [-0.25, -0.2) is 0 Å². The number of aromatic hydroxyl groups is 1.